The standard InChI is InChI=1S/C17H16N2O3S/c1-16-5-6-17(2,22-16)13-12(16)14(20)19(15(13)21)9-3-4-10-11(7-9)23-8-18-10/h3-4,7-8,12-13H,5-6H2,1-2H3. The largest absolute Gasteiger partial charge is 0.367 e. The van der Waals surface area contributed by atoms with Gasteiger partial charge in [0.1, 0.15) is 0 Å². The van der Waals surface area contributed by atoms with Gasteiger partial charge in [0.05, 0.1) is 44.5 Å². The minimum atomic E-state index is -0.504. The molecule has 3 fully saturated rings. The van der Waals surface area contributed by atoms with Gasteiger partial charge in [-0.05, 0) is 44.9 Å². The van der Waals surface area contributed by atoms with Gasteiger partial charge in [-0.1, -0.05) is 0 Å². The van der Waals surface area contributed by atoms with Crippen LogP contribution in [0.2, 0.25) is 0 Å². The molecule has 2 bridgehead atoms. The number of ether oxygens (including phenoxy) is 1. The molecule has 4 heterocycles. The van der Waals surface area contributed by atoms with E-state index < -0.39 is 11.2 Å². The van der Waals surface area contributed by atoms with Crippen LogP contribution in [0.15, 0.2) is 23.7 Å². The number of imide groups is 1. The summed E-state index contributed by atoms with van der Waals surface area (Å²) in [5, 5.41) is 0. The molecule has 5 rings (SSSR count). The van der Waals surface area contributed by atoms with Gasteiger partial charge in [-0.3, -0.25) is 9.59 Å². The molecule has 3 aliphatic rings. The third kappa shape index (κ3) is 1.53. The Morgan fingerprint density at radius 3 is 2.48 bits per heavy atom. The van der Waals surface area contributed by atoms with Crippen molar-refractivity contribution in [3.63, 3.8) is 0 Å². The fraction of sp³-hybridized carbons (Fsp3) is 0.471. The van der Waals surface area contributed by atoms with Crippen LogP contribution in [-0.4, -0.2) is 28.0 Å². The van der Waals surface area contributed by atoms with Crippen molar-refractivity contribution in [3.8, 4) is 0 Å². The van der Waals surface area contributed by atoms with E-state index in [4.69, 9.17) is 4.74 Å². The summed E-state index contributed by atoms with van der Waals surface area (Å²) in [6.07, 6.45) is 1.68. The second kappa shape index (κ2) is 3.99. The van der Waals surface area contributed by atoms with Crippen LogP contribution in [0.1, 0.15) is 26.7 Å². The van der Waals surface area contributed by atoms with Crippen molar-refractivity contribution in [1.82, 2.24) is 4.98 Å². The molecular weight excluding hydrogens is 312 g/mol. The highest BCUT2D eigenvalue weighted by Gasteiger charge is 2.72. The number of carbonyl (C=O) groups excluding carboxylic acids is 2. The van der Waals surface area contributed by atoms with Crippen LogP contribution in [0.25, 0.3) is 10.2 Å². The molecule has 6 heteroatoms. The van der Waals surface area contributed by atoms with Gasteiger partial charge in [0.25, 0.3) is 0 Å². The third-order valence-corrected chi connectivity index (χ3v) is 6.57. The van der Waals surface area contributed by atoms with Crippen LogP contribution >= 0.6 is 11.3 Å². The molecule has 0 spiro atoms. The summed E-state index contributed by atoms with van der Waals surface area (Å²) in [4.78, 5) is 31.7. The summed E-state index contributed by atoms with van der Waals surface area (Å²) >= 11 is 1.51. The second-order valence-electron chi connectivity index (χ2n) is 7.20. The average molecular weight is 328 g/mol. The van der Waals surface area contributed by atoms with Crippen LogP contribution in [-0.2, 0) is 14.3 Å². The average Bonchev–Trinajstić information content (AvgIpc) is 3.19. The Kier molecular flexibility index (Phi) is 2.37. The summed E-state index contributed by atoms with van der Waals surface area (Å²) in [6, 6.07) is 5.56. The highest BCUT2D eigenvalue weighted by molar-refractivity contribution is 7.16. The van der Waals surface area contributed by atoms with E-state index in [0.717, 1.165) is 23.1 Å². The van der Waals surface area contributed by atoms with E-state index in [0.29, 0.717) is 5.69 Å². The zero-order chi connectivity index (χ0) is 16.0. The maximum atomic E-state index is 13.0. The molecule has 1 aromatic carbocycles. The predicted octanol–water partition coefficient (Wildman–Crippen LogP) is 2.74. The van der Waals surface area contributed by atoms with Gasteiger partial charge < -0.3 is 4.74 Å². The van der Waals surface area contributed by atoms with Gasteiger partial charge >= 0.3 is 0 Å². The van der Waals surface area contributed by atoms with E-state index in [1.807, 2.05) is 32.0 Å². The van der Waals surface area contributed by atoms with Gasteiger partial charge in [-0.15, -0.1) is 11.3 Å². The first-order valence-electron chi connectivity index (χ1n) is 7.84. The number of fused-ring (bicyclic) bond motifs is 6. The number of hydrogen-bond acceptors (Lipinski definition) is 5. The number of rotatable bonds is 1. The Balaban J connectivity index is 1.63. The van der Waals surface area contributed by atoms with Crippen LogP contribution in [0, 0.1) is 11.8 Å². The molecule has 0 aliphatic carbocycles. The van der Waals surface area contributed by atoms with Gasteiger partial charge in [-0.25, -0.2) is 9.88 Å². The van der Waals surface area contributed by atoms with Crippen LogP contribution in [0.5, 0.6) is 0 Å². The van der Waals surface area contributed by atoms with Crippen molar-refractivity contribution in [2.75, 3.05) is 4.90 Å². The minimum absolute atomic E-state index is 0.116. The number of carbonyl (C=O) groups is 2. The normalized spacial score (nSPS) is 38.8. The molecule has 0 radical (unpaired) electrons. The lowest BCUT2D eigenvalue weighted by Gasteiger charge is -2.27. The molecule has 1 aromatic heterocycles. The zero-order valence-electron chi connectivity index (χ0n) is 12.9. The van der Waals surface area contributed by atoms with Crippen molar-refractivity contribution < 1.29 is 14.3 Å². The number of hydrogen-bond donors (Lipinski definition) is 0. The van der Waals surface area contributed by atoms with E-state index in [2.05, 4.69) is 4.98 Å². The van der Waals surface area contributed by atoms with Gasteiger partial charge in [0.15, 0.2) is 0 Å². The van der Waals surface area contributed by atoms with Gasteiger partial charge in [0.2, 0.25) is 11.8 Å². The maximum Gasteiger partial charge on any atom is 0.240 e. The van der Waals surface area contributed by atoms with Crippen LogP contribution < -0.4 is 4.90 Å². The van der Waals surface area contributed by atoms with Gasteiger partial charge in [-0.2, -0.15) is 0 Å². The molecule has 3 saturated heterocycles. The fourth-order valence-corrected chi connectivity index (χ4v) is 5.42. The molecule has 118 valence electrons. The number of amides is 2. The molecule has 2 aromatic rings. The summed E-state index contributed by atoms with van der Waals surface area (Å²) < 4.78 is 7.10. The Labute approximate surface area is 137 Å². The van der Waals surface area contributed by atoms with Crippen molar-refractivity contribution >= 4 is 39.1 Å². The van der Waals surface area contributed by atoms with E-state index in [1.54, 1.807) is 5.51 Å². The summed E-state index contributed by atoms with van der Waals surface area (Å²) in [6.45, 7) is 3.95. The first kappa shape index (κ1) is 13.6. The lowest BCUT2D eigenvalue weighted by atomic mass is 9.69. The molecule has 0 N–H and O–H groups in total. The molecule has 2 amide bonds. The SMILES string of the molecule is CC12CCC(C)(O1)C1C(=O)N(c3ccc4ncsc4c3)C(=O)C12. The number of benzene rings is 1. The number of thiazole rings is 1. The predicted molar refractivity (Wildman–Crippen MR) is 86.2 cm³/mol. The molecule has 0 saturated carbocycles. The highest BCUT2D eigenvalue weighted by Crippen LogP contribution is 2.60. The van der Waals surface area contributed by atoms with Gasteiger partial charge in [0, 0.05) is 0 Å². The lowest BCUT2D eigenvalue weighted by molar-refractivity contribution is -0.129. The number of aromatic nitrogens is 1. The van der Waals surface area contributed by atoms with E-state index in [-0.39, 0.29) is 23.7 Å². The molecule has 4 unspecified atom stereocenters. The van der Waals surface area contributed by atoms with Crippen molar-refractivity contribution in [2.24, 2.45) is 11.8 Å². The van der Waals surface area contributed by atoms with E-state index in [9.17, 15) is 9.59 Å². The van der Waals surface area contributed by atoms with Crippen molar-refractivity contribution in [3.05, 3.63) is 23.7 Å². The first-order valence-corrected chi connectivity index (χ1v) is 8.72. The zero-order valence-corrected chi connectivity index (χ0v) is 13.7. The topological polar surface area (TPSA) is 59.5 Å². The molecule has 3 aliphatic heterocycles. The van der Waals surface area contributed by atoms with Crippen LogP contribution in [0.3, 0.4) is 0 Å². The summed E-state index contributed by atoms with van der Waals surface area (Å²) in [5.41, 5.74) is 2.30. The molecule has 23 heavy (non-hydrogen) atoms. The summed E-state index contributed by atoms with van der Waals surface area (Å²) in [5.74, 6) is -0.943. The Morgan fingerprint density at radius 1 is 1.17 bits per heavy atom. The monoisotopic (exact) mass is 328 g/mol. The Hall–Kier alpha value is -1.79. The lowest BCUT2D eigenvalue weighted by Crippen LogP contribution is -2.40. The number of nitrogens with zero attached hydrogens (tertiary/aromatic N) is 2. The number of anilines is 1. The molecule has 4 atom stereocenters. The second-order valence-corrected chi connectivity index (χ2v) is 8.09. The quantitative estimate of drug-likeness (QED) is 0.755. The first-order chi connectivity index (χ1) is 10.9. The molecular formula is C17H16N2O3S. The maximum absolute atomic E-state index is 13.0. The minimum Gasteiger partial charge on any atom is -0.367 e. The Bertz CT molecular complexity index is 844. The smallest absolute Gasteiger partial charge is 0.240 e. The fourth-order valence-electron chi connectivity index (χ4n) is 4.71. The molecule has 5 nitrogen and oxygen atoms in total. The highest BCUT2D eigenvalue weighted by atomic mass is 32.1. The third-order valence-electron chi connectivity index (χ3n) is 5.78. The van der Waals surface area contributed by atoms with Crippen molar-refractivity contribution in [1.29, 1.82) is 0 Å². The van der Waals surface area contributed by atoms with E-state index >= 15 is 0 Å². The summed E-state index contributed by atoms with van der Waals surface area (Å²) in [7, 11) is 0. The Morgan fingerprint density at radius 2 is 1.83 bits per heavy atom. The van der Waals surface area contributed by atoms with Crippen molar-refractivity contribution in [2.45, 2.75) is 37.9 Å². The van der Waals surface area contributed by atoms with Crippen LogP contribution in [0.4, 0.5) is 5.69 Å². The van der Waals surface area contributed by atoms with E-state index in [1.165, 1.54) is 16.2 Å².